The Labute approximate surface area is 230 Å². The summed E-state index contributed by atoms with van der Waals surface area (Å²) in [4.78, 5) is 0. The summed E-state index contributed by atoms with van der Waals surface area (Å²) in [7, 11) is 0. The third kappa shape index (κ3) is 5.36. The van der Waals surface area contributed by atoms with Crippen LogP contribution in [0.3, 0.4) is 0 Å². The SMILES string of the molecule is Cc1c(C)c(Cc2ccc(N)cc2)c(C)c(C)c1CCc1c(C)c(C)c(Cc2ccc(N)cc2)c(C)c1C. The van der Waals surface area contributed by atoms with E-state index < -0.39 is 0 Å². The number of hydrogen-bond donors (Lipinski definition) is 2. The van der Waals surface area contributed by atoms with Crippen LogP contribution in [0.5, 0.6) is 0 Å². The standard InChI is InChI=1S/C36H44N2/c1-21-25(5)35(19-29-9-13-31(37)14-10-29)26(6)22(2)33(21)17-18-34-23(3)27(7)36(28(8)24(34)4)20-30-11-15-32(38)16-12-30/h9-16H,17-20,37-38H2,1-8H3. The highest BCUT2D eigenvalue weighted by molar-refractivity contribution is 5.55. The molecule has 38 heavy (non-hydrogen) atoms. The van der Waals surface area contributed by atoms with E-state index in [1.54, 1.807) is 0 Å². The summed E-state index contributed by atoms with van der Waals surface area (Å²) < 4.78 is 0. The van der Waals surface area contributed by atoms with Crippen molar-refractivity contribution in [2.45, 2.75) is 81.1 Å². The molecule has 0 heterocycles. The molecular formula is C36H44N2. The van der Waals surface area contributed by atoms with Crippen molar-refractivity contribution in [2.24, 2.45) is 0 Å². The van der Waals surface area contributed by atoms with Crippen LogP contribution in [-0.4, -0.2) is 0 Å². The van der Waals surface area contributed by atoms with Crippen molar-refractivity contribution in [3.63, 3.8) is 0 Å². The molecule has 4 aromatic carbocycles. The number of hydrogen-bond acceptors (Lipinski definition) is 2. The predicted molar refractivity (Wildman–Crippen MR) is 166 cm³/mol. The lowest BCUT2D eigenvalue weighted by Crippen LogP contribution is -2.10. The average Bonchev–Trinajstić information content (AvgIpc) is 2.90. The van der Waals surface area contributed by atoms with Crippen molar-refractivity contribution in [1.29, 1.82) is 0 Å². The first kappa shape index (κ1) is 27.5. The number of nitrogens with two attached hydrogens (primary N) is 2. The summed E-state index contributed by atoms with van der Waals surface area (Å²) in [6.45, 7) is 18.5. The van der Waals surface area contributed by atoms with Crippen molar-refractivity contribution >= 4 is 11.4 Å². The fraction of sp³-hybridized carbons (Fsp3) is 0.333. The Hall–Kier alpha value is -3.52. The van der Waals surface area contributed by atoms with Gasteiger partial charge in [-0.1, -0.05) is 24.3 Å². The van der Waals surface area contributed by atoms with Crippen LogP contribution in [0, 0.1) is 55.4 Å². The second-order valence-electron chi connectivity index (χ2n) is 11.3. The van der Waals surface area contributed by atoms with Gasteiger partial charge in [0.25, 0.3) is 0 Å². The molecule has 0 saturated heterocycles. The second kappa shape index (κ2) is 11.1. The third-order valence-corrected chi connectivity index (χ3v) is 9.22. The molecule has 4 rings (SSSR count). The molecule has 0 spiro atoms. The summed E-state index contributed by atoms with van der Waals surface area (Å²) >= 11 is 0. The summed E-state index contributed by atoms with van der Waals surface area (Å²) in [6.07, 6.45) is 4.04. The minimum Gasteiger partial charge on any atom is -0.399 e. The van der Waals surface area contributed by atoms with E-state index in [-0.39, 0.29) is 0 Å². The molecular weight excluding hydrogens is 460 g/mol. The number of anilines is 2. The van der Waals surface area contributed by atoms with Crippen molar-refractivity contribution < 1.29 is 0 Å². The molecule has 0 amide bonds. The maximum atomic E-state index is 5.91. The molecule has 0 aliphatic rings. The smallest absolute Gasteiger partial charge is 0.0314 e. The first-order chi connectivity index (χ1) is 18.0. The van der Waals surface area contributed by atoms with Crippen LogP contribution in [0.15, 0.2) is 48.5 Å². The molecule has 0 atom stereocenters. The van der Waals surface area contributed by atoms with Crippen LogP contribution in [0.25, 0.3) is 0 Å². The Morgan fingerprint density at radius 3 is 0.868 bits per heavy atom. The molecule has 0 aliphatic carbocycles. The van der Waals surface area contributed by atoms with Gasteiger partial charge in [0.2, 0.25) is 0 Å². The van der Waals surface area contributed by atoms with Gasteiger partial charge in [0, 0.05) is 11.4 Å². The fourth-order valence-corrected chi connectivity index (χ4v) is 6.15. The fourth-order valence-electron chi connectivity index (χ4n) is 6.15. The lowest BCUT2D eigenvalue weighted by atomic mass is 9.81. The van der Waals surface area contributed by atoms with Crippen molar-refractivity contribution in [2.75, 3.05) is 11.5 Å². The minimum atomic E-state index is 0.819. The molecule has 0 unspecified atom stereocenters. The van der Waals surface area contributed by atoms with Crippen LogP contribution in [-0.2, 0) is 25.7 Å². The van der Waals surface area contributed by atoms with Gasteiger partial charge in [0.05, 0.1) is 0 Å². The lowest BCUT2D eigenvalue weighted by molar-refractivity contribution is 0.894. The average molecular weight is 505 g/mol. The number of nitrogen functional groups attached to an aromatic ring is 2. The molecule has 0 bridgehead atoms. The van der Waals surface area contributed by atoms with E-state index in [2.05, 4.69) is 79.7 Å². The van der Waals surface area contributed by atoms with Gasteiger partial charge < -0.3 is 11.5 Å². The van der Waals surface area contributed by atoms with Gasteiger partial charge in [0.1, 0.15) is 0 Å². The third-order valence-electron chi connectivity index (χ3n) is 9.22. The van der Waals surface area contributed by atoms with Gasteiger partial charge in [-0.3, -0.25) is 0 Å². The summed E-state index contributed by atoms with van der Waals surface area (Å²) in [5, 5.41) is 0. The van der Waals surface area contributed by atoms with Gasteiger partial charge >= 0.3 is 0 Å². The topological polar surface area (TPSA) is 52.0 Å². The molecule has 2 heteroatoms. The Morgan fingerprint density at radius 1 is 0.368 bits per heavy atom. The van der Waals surface area contributed by atoms with E-state index in [0.717, 1.165) is 37.1 Å². The Morgan fingerprint density at radius 2 is 0.605 bits per heavy atom. The molecule has 0 aromatic heterocycles. The van der Waals surface area contributed by atoms with Crippen molar-refractivity contribution in [1.82, 2.24) is 0 Å². The maximum Gasteiger partial charge on any atom is 0.0314 e. The highest BCUT2D eigenvalue weighted by atomic mass is 14.5. The molecule has 0 saturated carbocycles. The van der Waals surface area contributed by atoms with Crippen LogP contribution >= 0.6 is 0 Å². The zero-order chi connectivity index (χ0) is 27.7. The van der Waals surface area contributed by atoms with Gasteiger partial charge in [-0.15, -0.1) is 0 Å². The van der Waals surface area contributed by atoms with Gasteiger partial charge in [0.15, 0.2) is 0 Å². The Kier molecular flexibility index (Phi) is 8.02. The second-order valence-corrected chi connectivity index (χ2v) is 11.3. The lowest BCUT2D eigenvalue weighted by Gasteiger charge is -2.23. The summed E-state index contributed by atoms with van der Waals surface area (Å²) in [5.74, 6) is 0. The van der Waals surface area contributed by atoms with Crippen LogP contribution in [0.4, 0.5) is 11.4 Å². The van der Waals surface area contributed by atoms with E-state index in [0.29, 0.717) is 0 Å². The monoisotopic (exact) mass is 504 g/mol. The first-order valence-corrected chi connectivity index (χ1v) is 13.8. The molecule has 4 aromatic rings. The largest absolute Gasteiger partial charge is 0.399 e. The number of benzene rings is 4. The number of rotatable bonds is 7. The van der Waals surface area contributed by atoms with E-state index >= 15 is 0 Å². The zero-order valence-corrected chi connectivity index (χ0v) is 24.6. The van der Waals surface area contributed by atoms with Crippen molar-refractivity contribution in [3.8, 4) is 0 Å². The van der Waals surface area contributed by atoms with E-state index in [4.69, 9.17) is 11.5 Å². The van der Waals surface area contributed by atoms with Crippen molar-refractivity contribution in [3.05, 3.63) is 126 Å². The predicted octanol–water partition coefficient (Wildman–Crippen LogP) is 8.29. The van der Waals surface area contributed by atoms with Gasteiger partial charge in [-0.2, -0.15) is 0 Å². The summed E-state index contributed by atoms with van der Waals surface area (Å²) in [6, 6.07) is 16.6. The molecule has 2 nitrogen and oxygen atoms in total. The van der Waals surface area contributed by atoms with Gasteiger partial charge in [-0.05, 0) is 183 Å². The molecule has 198 valence electrons. The molecule has 0 fully saturated rings. The quantitative estimate of drug-likeness (QED) is 0.249. The van der Waals surface area contributed by atoms with Gasteiger partial charge in [-0.25, -0.2) is 0 Å². The molecule has 0 radical (unpaired) electrons. The highest BCUT2D eigenvalue weighted by Gasteiger charge is 2.18. The Balaban J connectivity index is 1.63. The minimum absolute atomic E-state index is 0.819. The maximum absolute atomic E-state index is 5.91. The summed E-state index contributed by atoms with van der Waals surface area (Å²) in [5.41, 5.74) is 33.5. The highest BCUT2D eigenvalue weighted by Crippen LogP contribution is 2.33. The van der Waals surface area contributed by atoms with Crippen LogP contribution in [0.1, 0.15) is 77.9 Å². The Bertz CT molecular complexity index is 1300. The van der Waals surface area contributed by atoms with E-state index in [1.165, 1.54) is 77.9 Å². The van der Waals surface area contributed by atoms with E-state index in [1.807, 2.05) is 24.3 Å². The molecule has 0 aliphatic heterocycles. The first-order valence-electron chi connectivity index (χ1n) is 13.8. The zero-order valence-electron chi connectivity index (χ0n) is 24.6. The van der Waals surface area contributed by atoms with Crippen LogP contribution in [0.2, 0.25) is 0 Å². The normalized spacial score (nSPS) is 11.3. The molecule has 4 N–H and O–H groups in total. The van der Waals surface area contributed by atoms with E-state index in [9.17, 15) is 0 Å². The van der Waals surface area contributed by atoms with Crippen LogP contribution < -0.4 is 11.5 Å².